The fourth-order valence-corrected chi connectivity index (χ4v) is 0.651. The minimum Gasteiger partial charge on any atom is -0.458 e. The highest BCUT2D eigenvalue weighted by Crippen LogP contribution is 2.14. The van der Waals surface area contributed by atoms with E-state index in [0.29, 0.717) is 0 Å². The zero-order chi connectivity index (χ0) is 11.4. The molecule has 0 bridgehead atoms. The number of carbonyl (C=O) groups excluding carboxylic acids is 1. The Morgan fingerprint density at radius 3 is 2.21 bits per heavy atom. The van der Waals surface area contributed by atoms with Crippen molar-refractivity contribution in [3.05, 3.63) is 0 Å². The van der Waals surface area contributed by atoms with Crippen LogP contribution in [0.15, 0.2) is 0 Å². The van der Waals surface area contributed by atoms with Gasteiger partial charge in [0.05, 0.1) is 18.6 Å². The molecule has 0 unspecified atom stereocenters. The maximum atomic E-state index is 11.4. The molecule has 0 aliphatic heterocycles. The molecule has 0 saturated heterocycles. The van der Waals surface area contributed by atoms with E-state index >= 15 is 0 Å². The number of hydrogen-bond acceptors (Lipinski definition) is 5. The van der Waals surface area contributed by atoms with Crippen molar-refractivity contribution >= 4 is 5.97 Å². The molecule has 0 saturated carbocycles. The summed E-state index contributed by atoms with van der Waals surface area (Å²) in [5.74, 6) is -0.867. The topological polar surface area (TPSA) is 99.9 Å². The van der Waals surface area contributed by atoms with Gasteiger partial charge in [0.2, 0.25) is 5.54 Å². The van der Waals surface area contributed by atoms with Crippen LogP contribution >= 0.6 is 0 Å². The Hall–Kier alpha value is -1.59. The van der Waals surface area contributed by atoms with Crippen LogP contribution in [0.5, 0.6) is 0 Å². The second-order valence-electron chi connectivity index (χ2n) is 3.92. The molecule has 0 aromatic carbocycles. The van der Waals surface area contributed by atoms with Crippen molar-refractivity contribution in [1.82, 2.24) is 0 Å². The lowest BCUT2D eigenvalue weighted by Crippen LogP contribution is -2.49. The number of carbonyl (C=O) groups is 1. The molecule has 0 aromatic heterocycles. The lowest BCUT2D eigenvalue weighted by atomic mass is 9.99. The lowest BCUT2D eigenvalue weighted by molar-refractivity contribution is -0.159. The van der Waals surface area contributed by atoms with Crippen molar-refractivity contribution in [2.24, 2.45) is 5.73 Å². The molecule has 0 heterocycles. The first-order chi connectivity index (χ1) is 6.25. The molecule has 5 nitrogen and oxygen atoms in total. The summed E-state index contributed by atoms with van der Waals surface area (Å²) < 4.78 is 4.91. The van der Waals surface area contributed by atoms with E-state index in [1.54, 1.807) is 32.9 Å². The average molecular weight is 195 g/mol. The smallest absolute Gasteiger partial charge is 0.342 e. The Balaban J connectivity index is 4.68. The second-order valence-corrected chi connectivity index (χ2v) is 3.92. The second kappa shape index (κ2) is 4.08. The number of ether oxygens (including phenoxy) is 1. The third kappa shape index (κ3) is 3.42. The van der Waals surface area contributed by atoms with Crippen LogP contribution in [0.1, 0.15) is 27.2 Å². The van der Waals surface area contributed by atoms with Crippen LogP contribution in [0.3, 0.4) is 0 Å². The van der Waals surface area contributed by atoms with Gasteiger partial charge >= 0.3 is 5.97 Å². The Labute approximate surface area is 83.1 Å². The van der Waals surface area contributed by atoms with Gasteiger partial charge in [-0.1, -0.05) is 0 Å². The van der Waals surface area contributed by atoms with Crippen LogP contribution in [-0.2, 0) is 9.53 Å². The molecule has 0 rings (SSSR count). The van der Waals surface area contributed by atoms with E-state index in [2.05, 4.69) is 0 Å². The Morgan fingerprint density at radius 2 is 1.93 bits per heavy atom. The Morgan fingerprint density at radius 1 is 1.43 bits per heavy atom. The SMILES string of the molecule is CC(C)(C)OC(=O)[C@@](N)(C#N)CC#N. The normalized spacial score (nSPS) is 14.7. The van der Waals surface area contributed by atoms with E-state index < -0.39 is 17.1 Å². The summed E-state index contributed by atoms with van der Waals surface area (Å²) in [5, 5.41) is 17.0. The zero-order valence-electron chi connectivity index (χ0n) is 8.50. The summed E-state index contributed by atoms with van der Waals surface area (Å²) in [6, 6.07) is 3.26. The first kappa shape index (κ1) is 12.4. The van der Waals surface area contributed by atoms with Gasteiger partial charge in [0.25, 0.3) is 0 Å². The fourth-order valence-electron chi connectivity index (χ4n) is 0.651. The Bertz CT molecular complexity index is 305. The van der Waals surface area contributed by atoms with E-state index in [0.717, 1.165) is 0 Å². The molecule has 0 fully saturated rings. The van der Waals surface area contributed by atoms with Crippen LogP contribution in [0, 0.1) is 22.7 Å². The van der Waals surface area contributed by atoms with Crippen LogP contribution in [0.2, 0.25) is 0 Å². The maximum Gasteiger partial charge on any atom is 0.342 e. The number of nitrogens with two attached hydrogens (primary N) is 1. The summed E-state index contributed by atoms with van der Waals surface area (Å²) in [7, 11) is 0. The van der Waals surface area contributed by atoms with E-state index in [4.69, 9.17) is 21.0 Å². The lowest BCUT2D eigenvalue weighted by Gasteiger charge is -2.24. The van der Waals surface area contributed by atoms with Gasteiger partial charge in [0.15, 0.2) is 0 Å². The molecule has 0 aliphatic rings. The molecule has 0 radical (unpaired) electrons. The molecule has 14 heavy (non-hydrogen) atoms. The highest BCUT2D eigenvalue weighted by atomic mass is 16.6. The quantitative estimate of drug-likeness (QED) is 0.645. The number of hydrogen-bond donors (Lipinski definition) is 1. The van der Waals surface area contributed by atoms with Crippen molar-refractivity contribution in [3.8, 4) is 12.1 Å². The Kier molecular flexibility index (Phi) is 3.62. The van der Waals surface area contributed by atoms with Gasteiger partial charge in [-0.3, -0.25) is 0 Å². The van der Waals surface area contributed by atoms with E-state index in [1.165, 1.54) is 0 Å². The molecular weight excluding hydrogens is 182 g/mol. The van der Waals surface area contributed by atoms with Gasteiger partial charge < -0.3 is 10.5 Å². The standard InChI is InChI=1S/C9H13N3O2/c1-8(2,3)14-7(13)9(12,6-11)4-5-10/h4,12H2,1-3H3/t9-/m0/s1. The molecule has 0 aromatic rings. The van der Waals surface area contributed by atoms with Crippen molar-refractivity contribution < 1.29 is 9.53 Å². The van der Waals surface area contributed by atoms with Crippen LogP contribution in [-0.4, -0.2) is 17.1 Å². The molecule has 1 atom stereocenters. The maximum absolute atomic E-state index is 11.4. The molecule has 0 spiro atoms. The third-order valence-corrected chi connectivity index (χ3v) is 1.32. The molecule has 2 N–H and O–H groups in total. The van der Waals surface area contributed by atoms with Gasteiger partial charge in [-0.15, -0.1) is 0 Å². The molecule has 5 heteroatoms. The molecular formula is C9H13N3O2. The van der Waals surface area contributed by atoms with Gasteiger partial charge in [0, 0.05) is 0 Å². The van der Waals surface area contributed by atoms with Crippen molar-refractivity contribution in [3.63, 3.8) is 0 Å². The molecule has 0 aliphatic carbocycles. The van der Waals surface area contributed by atoms with Crippen LogP contribution in [0.4, 0.5) is 0 Å². The molecule has 0 amide bonds. The van der Waals surface area contributed by atoms with Crippen molar-refractivity contribution in [2.75, 3.05) is 0 Å². The predicted molar refractivity (Wildman–Crippen MR) is 48.6 cm³/mol. The zero-order valence-corrected chi connectivity index (χ0v) is 8.50. The number of nitrogens with zero attached hydrogens (tertiary/aromatic N) is 2. The van der Waals surface area contributed by atoms with Crippen LogP contribution < -0.4 is 5.73 Å². The van der Waals surface area contributed by atoms with Gasteiger partial charge in [-0.25, -0.2) is 4.79 Å². The van der Waals surface area contributed by atoms with Crippen molar-refractivity contribution in [1.29, 1.82) is 10.5 Å². The number of nitriles is 2. The van der Waals surface area contributed by atoms with Gasteiger partial charge in [0.1, 0.15) is 5.60 Å². The van der Waals surface area contributed by atoms with E-state index in [-0.39, 0.29) is 6.42 Å². The third-order valence-electron chi connectivity index (χ3n) is 1.32. The first-order valence-corrected chi connectivity index (χ1v) is 4.06. The summed E-state index contributed by atoms with van der Waals surface area (Å²) in [4.78, 5) is 11.4. The number of rotatable bonds is 2. The summed E-state index contributed by atoms with van der Waals surface area (Å²) in [5.41, 5.74) is 2.83. The highest BCUT2D eigenvalue weighted by molar-refractivity contribution is 5.84. The van der Waals surface area contributed by atoms with E-state index in [1.807, 2.05) is 0 Å². The first-order valence-electron chi connectivity index (χ1n) is 4.06. The fraction of sp³-hybridized carbons (Fsp3) is 0.667. The minimum absolute atomic E-state index is 0.377. The predicted octanol–water partition coefficient (Wildman–Crippen LogP) is 0.463. The average Bonchev–Trinajstić information content (AvgIpc) is 2.01. The monoisotopic (exact) mass is 195 g/mol. The largest absolute Gasteiger partial charge is 0.458 e. The van der Waals surface area contributed by atoms with Gasteiger partial charge in [-0.2, -0.15) is 10.5 Å². The highest BCUT2D eigenvalue weighted by Gasteiger charge is 2.38. The summed E-state index contributed by atoms with van der Waals surface area (Å²) in [6.07, 6.45) is -0.377. The molecule has 76 valence electrons. The number of esters is 1. The summed E-state index contributed by atoms with van der Waals surface area (Å²) in [6.45, 7) is 4.99. The minimum atomic E-state index is -1.86. The van der Waals surface area contributed by atoms with Crippen LogP contribution in [0.25, 0.3) is 0 Å². The van der Waals surface area contributed by atoms with E-state index in [9.17, 15) is 4.79 Å². The van der Waals surface area contributed by atoms with Crippen molar-refractivity contribution in [2.45, 2.75) is 38.3 Å². The van der Waals surface area contributed by atoms with Gasteiger partial charge in [-0.05, 0) is 20.8 Å². The summed E-state index contributed by atoms with van der Waals surface area (Å²) >= 11 is 0.